The first-order valence-corrected chi connectivity index (χ1v) is 7.17. The summed E-state index contributed by atoms with van der Waals surface area (Å²) in [7, 11) is 0. The molecule has 0 spiro atoms. The Hall–Kier alpha value is 0.430. The maximum absolute atomic E-state index is 10.5. The zero-order valence-electron chi connectivity index (χ0n) is 11.3. The second-order valence-corrected chi connectivity index (χ2v) is 4.92. The van der Waals surface area contributed by atoms with Crippen LogP contribution in [0.25, 0.3) is 0 Å². The summed E-state index contributed by atoms with van der Waals surface area (Å²) in [6.07, 6.45) is 13.3. The molecule has 0 saturated carbocycles. The molecule has 0 aliphatic rings. The van der Waals surface area contributed by atoms with Crippen molar-refractivity contribution in [3.63, 3.8) is 0 Å². The summed E-state index contributed by atoms with van der Waals surface area (Å²) >= 11 is 0. The van der Waals surface area contributed by atoms with E-state index in [1.165, 1.54) is 51.4 Å². The third kappa shape index (κ3) is 14.5. The molecule has 1 unspecified atom stereocenters. The van der Waals surface area contributed by atoms with E-state index in [1.807, 2.05) is 0 Å². The van der Waals surface area contributed by atoms with Crippen LogP contribution in [0.3, 0.4) is 0 Å². The number of unbranched alkanes of at least 4 members (excludes halogenated alkanes) is 9. The van der Waals surface area contributed by atoms with Crippen LogP contribution in [0.2, 0.25) is 0 Å². The fourth-order valence-corrected chi connectivity index (χ4v) is 1.98. The van der Waals surface area contributed by atoms with Crippen LogP contribution >= 0.6 is 0 Å². The van der Waals surface area contributed by atoms with Crippen LogP contribution < -0.4 is 5.73 Å². The van der Waals surface area contributed by atoms with Gasteiger partial charge in [0.25, 0.3) is 0 Å². The van der Waals surface area contributed by atoms with Gasteiger partial charge in [-0.3, -0.25) is 4.79 Å². The van der Waals surface area contributed by atoms with Crippen molar-refractivity contribution in [2.45, 2.75) is 83.6 Å². The molecule has 0 fully saturated rings. The Kier molecular flexibility index (Phi) is 17.8. The number of nitrogens with two attached hydrogens (primary N) is 1. The van der Waals surface area contributed by atoms with Crippen molar-refractivity contribution >= 4 is 35.5 Å². The van der Waals surface area contributed by atoms with Gasteiger partial charge in [0.1, 0.15) is 6.04 Å². The zero-order valence-corrected chi connectivity index (χ0v) is 11.3. The van der Waals surface area contributed by atoms with Crippen LogP contribution in [0.1, 0.15) is 77.6 Å². The van der Waals surface area contributed by atoms with Crippen LogP contribution in [0.15, 0.2) is 0 Å². The molecule has 0 aliphatic carbocycles. The molecule has 1 atom stereocenters. The Balaban J connectivity index is 0. The van der Waals surface area contributed by atoms with Crippen LogP contribution in [-0.2, 0) is 4.79 Å². The van der Waals surface area contributed by atoms with Gasteiger partial charge in [-0.15, -0.1) is 0 Å². The molecule has 0 amide bonds. The number of carbonyl (C=O) groups is 1. The molecule has 0 bridgehead atoms. The van der Waals surface area contributed by atoms with E-state index in [2.05, 4.69) is 6.92 Å². The first kappa shape index (κ1) is 20.7. The second-order valence-electron chi connectivity index (χ2n) is 4.92. The first-order chi connectivity index (χ1) is 8.18. The van der Waals surface area contributed by atoms with Gasteiger partial charge in [0, 0.05) is 0 Å². The average Bonchev–Trinajstić information content (AvgIpc) is 2.31. The second kappa shape index (κ2) is 15.5. The molecular weight excluding hydrogens is 237 g/mol. The monoisotopic (exact) mass is 267 g/mol. The third-order valence-electron chi connectivity index (χ3n) is 3.19. The van der Waals surface area contributed by atoms with Crippen molar-refractivity contribution in [2.75, 3.05) is 0 Å². The Labute approximate surface area is 134 Å². The number of aliphatic carboxylic acids is 1. The van der Waals surface area contributed by atoms with Gasteiger partial charge in [-0.1, -0.05) is 71.1 Å². The van der Waals surface area contributed by atoms with E-state index in [1.54, 1.807) is 0 Å². The van der Waals surface area contributed by atoms with Gasteiger partial charge >= 0.3 is 35.5 Å². The van der Waals surface area contributed by atoms with Crippen molar-refractivity contribution in [3.05, 3.63) is 0 Å². The van der Waals surface area contributed by atoms with Crippen LogP contribution in [0.5, 0.6) is 0 Å². The normalized spacial score (nSPS) is 11.9. The molecule has 3 nitrogen and oxygen atoms in total. The van der Waals surface area contributed by atoms with Crippen molar-refractivity contribution in [1.82, 2.24) is 0 Å². The first-order valence-electron chi connectivity index (χ1n) is 7.17. The molecule has 0 saturated heterocycles. The summed E-state index contributed by atoms with van der Waals surface area (Å²) in [6.45, 7) is 2.24. The third-order valence-corrected chi connectivity index (χ3v) is 3.19. The molecule has 0 aromatic rings. The predicted molar refractivity (Wildman–Crippen MR) is 79.2 cm³/mol. The Bertz CT molecular complexity index is 189. The minimum atomic E-state index is -0.874. The average molecular weight is 267 g/mol. The molecule has 3 N–H and O–H groups in total. The fraction of sp³-hybridized carbons (Fsp3) is 0.929. The van der Waals surface area contributed by atoms with E-state index in [-0.39, 0.29) is 29.6 Å². The van der Waals surface area contributed by atoms with Gasteiger partial charge in [0.2, 0.25) is 0 Å². The van der Waals surface area contributed by atoms with Gasteiger partial charge in [0.05, 0.1) is 0 Å². The predicted octanol–water partition coefficient (Wildman–Crippen LogP) is 3.06. The molecule has 0 radical (unpaired) electrons. The van der Waals surface area contributed by atoms with Gasteiger partial charge in [-0.2, -0.15) is 0 Å². The Morgan fingerprint density at radius 2 is 1.33 bits per heavy atom. The van der Waals surface area contributed by atoms with Gasteiger partial charge in [-0.05, 0) is 6.42 Å². The van der Waals surface area contributed by atoms with E-state index in [4.69, 9.17) is 10.8 Å². The molecule has 0 aromatic heterocycles. The SMILES string of the molecule is CCCCCCCCCCCCC(N)C(=O)O.[NaH]. The van der Waals surface area contributed by atoms with Crippen molar-refractivity contribution < 1.29 is 9.90 Å². The number of hydrogen-bond donors (Lipinski definition) is 2. The summed E-state index contributed by atoms with van der Waals surface area (Å²) < 4.78 is 0. The molecule has 4 heteroatoms. The van der Waals surface area contributed by atoms with Crippen molar-refractivity contribution in [1.29, 1.82) is 0 Å². The molecule has 0 aliphatic heterocycles. The fourth-order valence-electron chi connectivity index (χ4n) is 1.98. The molecule has 104 valence electrons. The summed E-state index contributed by atoms with van der Waals surface area (Å²) in [6, 6.07) is -0.663. The zero-order chi connectivity index (χ0) is 12.9. The molecule has 0 aromatic carbocycles. The number of hydrogen-bond acceptors (Lipinski definition) is 2. The number of rotatable bonds is 12. The van der Waals surface area contributed by atoms with Gasteiger partial charge < -0.3 is 10.8 Å². The standard InChI is InChI=1S/C14H29NO2.Na.H/c1-2-3-4-5-6-7-8-9-10-11-12-13(15)14(16)17;;/h13H,2-12,15H2,1H3,(H,16,17);;. The van der Waals surface area contributed by atoms with Gasteiger partial charge in [-0.25, -0.2) is 0 Å². The topological polar surface area (TPSA) is 63.3 Å². The minimum absolute atomic E-state index is 0. The number of carboxylic acids is 1. The maximum atomic E-state index is 10.5. The summed E-state index contributed by atoms with van der Waals surface area (Å²) in [5, 5.41) is 8.60. The van der Waals surface area contributed by atoms with Crippen LogP contribution in [-0.4, -0.2) is 46.7 Å². The number of carboxylic acid groups (broad SMARTS) is 1. The molecular formula is C14H30NNaO2. The summed E-state index contributed by atoms with van der Waals surface area (Å²) in [5.74, 6) is -0.874. The quantitative estimate of drug-likeness (QED) is 0.422. The van der Waals surface area contributed by atoms with E-state index in [0.29, 0.717) is 6.42 Å². The van der Waals surface area contributed by atoms with Crippen molar-refractivity contribution in [3.8, 4) is 0 Å². The Morgan fingerprint density at radius 3 is 1.72 bits per heavy atom. The van der Waals surface area contributed by atoms with E-state index in [9.17, 15) is 4.79 Å². The van der Waals surface area contributed by atoms with Gasteiger partial charge in [0.15, 0.2) is 0 Å². The van der Waals surface area contributed by atoms with E-state index in [0.717, 1.165) is 12.8 Å². The van der Waals surface area contributed by atoms with Crippen molar-refractivity contribution in [2.24, 2.45) is 5.73 Å². The van der Waals surface area contributed by atoms with E-state index >= 15 is 0 Å². The van der Waals surface area contributed by atoms with E-state index < -0.39 is 12.0 Å². The van der Waals surface area contributed by atoms with Crippen LogP contribution in [0, 0.1) is 0 Å². The Morgan fingerprint density at radius 1 is 0.944 bits per heavy atom. The molecule has 0 rings (SSSR count). The summed E-state index contributed by atoms with van der Waals surface area (Å²) in [5.41, 5.74) is 5.43. The summed E-state index contributed by atoms with van der Waals surface area (Å²) in [4.78, 5) is 10.5. The molecule has 18 heavy (non-hydrogen) atoms. The molecule has 0 heterocycles. The van der Waals surface area contributed by atoms with Crippen LogP contribution in [0.4, 0.5) is 0 Å².